The first-order valence-electron chi connectivity index (χ1n) is 10.0. The van der Waals surface area contributed by atoms with Gasteiger partial charge in [0, 0.05) is 42.8 Å². The highest BCUT2D eigenvalue weighted by Gasteiger charge is 2.24. The van der Waals surface area contributed by atoms with Crippen molar-refractivity contribution in [3.8, 4) is 5.69 Å². The van der Waals surface area contributed by atoms with Crippen LogP contribution in [0.1, 0.15) is 28.8 Å². The fraction of sp³-hybridized carbons (Fsp3) is 0.250. The molecule has 5 nitrogen and oxygen atoms in total. The minimum atomic E-state index is 0.0431. The van der Waals surface area contributed by atoms with Gasteiger partial charge in [0.2, 0.25) is 5.91 Å². The highest BCUT2D eigenvalue weighted by atomic mass is 16.2. The first-order valence-corrected chi connectivity index (χ1v) is 10.0. The summed E-state index contributed by atoms with van der Waals surface area (Å²) < 4.78 is 2.01. The fourth-order valence-corrected chi connectivity index (χ4v) is 3.75. The highest BCUT2D eigenvalue weighted by molar-refractivity contribution is 5.94. The number of amides is 2. The Labute approximate surface area is 171 Å². The Morgan fingerprint density at radius 3 is 2.17 bits per heavy atom. The number of likely N-dealkylation sites (tertiary alicyclic amines) is 1. The number of nitrogens with zero attached hydrogens (tertiary/aromatic N) is 2. The van der Waals surface area contributed by atoms with Gasteiger partial charge >= 0.3 is 0 Å². The van der Waals surface area contributed by atoms with Crippen LogP contribution in [0.25, 0.3) is 5.69 Å². The Morgan fingerprint density at radius 1 is 0.862 bits per heavy atom. The minimum absolute atomic E-state index is 0.0431. The molecule has 0 spiro atoms. The number of aromatic nitrogens is 1. The van der Waals surface area contributed by atoms with Gasteiger partial charge in [0.05, 0.1) is 6.42 Å². The number of carbonyl (C=O) groups is 2. The summed E-state index contributed by atoms with van der Waals surface area (Å²) >= 11 is 0. The average Bonchev–Trinajstić information content (AvgIpc) is 3.29. The zero-order chi connectivity index (χ0) is 20.1. The lowest BCUT2D eigenvalue weighted by molar-refractivity contribution is -0.121. The molecular formula is C24H25N3O2. The van der Waals surface area contributed by atoms with Crippen molar-refractivity contribution in [1.29, 1.82) is 0 Å². The molecule has 148 valence electrons. The third-order valence-corrected chi connectivity index (χ3v) is 5.37. The largest absolute Gasteiger partial charge is 0.353 e. The van der Waals surface area contributed by atoms with Crippen LogP contribution in [0.3, 0.4) is 0 Å². The van der Waals surface area contributed by atoms with E-state index in [2.05, 4.69) is 5.32 Å². The summed E-state index contributed by atoms with van der Waals surface area (Å²) in [4.78, 5) is 26.9. The second-order valence-corrected chi connectivity index (χ2v) is 7.43. The van der Waals surface area contributed by atoms with Crippen LogP contribution < -0.4 is 5.32 Å². The van der Waals surface area contributed by atoms with Crippen LogP contribution in [0.5, 0.6) is 0 Å². The van der Waals surface area contributed by atoms with Crippen LogP contribution in [-0.2, 0) is 11.2 Å². The molecule has 1 fully saturated rings. The molecule has 0 saturated carbocycles. The normalized spacial score (nSPS) is 14.6. The quantitative estimate of drug-likeness (QED) is 0.729. The summed E-state index contributed by atoms with van der Waals surface area (Å²) in [6, 6.07) is 21.5. The second kappa shape index (κ2) is 8.78. The summed E-state index contributed by atoms with van der Waals surface area (Å²) in [6.45, 7) is 1.32. The first kappa shape index (κ1) is 19.0. The van der Waals surface area contributed by atoms with Crippen molar-refractivity contribution in [3.63, 3.8) is 0 Å². The molecule has 1 N–H and O–H groups in total. The van der Waals surface area contributed by atoms with E-state index in [1.165, 1.54) is 0 Å². The van der Waals surface area contributed by atoms with Crippen molar-refractivity contribution in [2.24, 2.45) is 0 Å². The molecule has 2 aromatic carbocycles. The van der Waals surface area contributed by atoms with E-state index >= 15 is 0 Å². The predicted molar refractivity (Wildman–Crippen MR) is 113 cm³/mol. The zero-order valence-corrected chi connectivity index (χ0v) is 16.3. The predicted octanol–water partition coefficient (Wildman–Crippen LogP) is 3.44. The third kappa shape index (κ3) is 4.74. The van der Waals surface area contributed by atoms with Crippen LogP contribution in [0.2, 0.25) is 0 Å². The number of rotatable bonds is 5. The number of hydrogen-bond acceptors (Lipinski definition) is 2. The highest BCUT2D eigenvalue weighted by Crippen LogP contribution is 2.16. The summed E-state index contributed by atoms with van der Waals surface area (Å²) in [5.41, 5.74) is 2.75. The summed E-state index contributed by atoms with van der Waals surface area (Å²) in [5.74, 6) is 0.0969. The molecule has 0 atom stereocenters. The van der Waals surface area contributed by atoms with E-state index in [0.717, 1.165) is 24.1 Å². The van der Waals surface area contributed by atoms with E-state index in [4.69, 9.17) is 0 Å². The molecule has 0 radical (unpaired) electrons. The van der Waals surface area contributed by atoms with Crippen molar-refractivity contribution in [2.75, 3.05) is 13.1 Å². The maximum absolute atomic E-state index is 12.8. The monoisotopic (exact) mass is 387 g/mol. The number of hydrogen-bond donors (Lipinski definition) is 1. The molecular weight excluding hydrogens is 362 g/mol. The lowest BCUT2D eigenvalue weighted by Gasteiger charge is -2.32. The van der Waals surface area contributed by atoms with Gasteiger partial charge in [-0.1, -0.05) is 30.3 Å². The Morgan fingerprint density at radius 2 is 1.52 bits per heavy atom. The van der Waals surface area contributed by atoms with Gasteiger partial charge in [-0.2, -0.15) is 0 Å². The summed E-state index contributed by atoms with van der Waals surface area (Å²) in [6.07, 6.45) is 5.93. The van der Waals surface area contributed by atoms with Gasteiger partial charge in [0.15, 0.2) is 0 Å². The molecule has 3 aromatic rings. The Balaban J connectivity index is 1.28. The number of carbonyl (C=O) groups excluding carboxylic acids is 2. The maximum Gasteiger partial charge on any atom is 0.253 e. The molecule has 29 heavy (non-hydrogen) atoms. The Bertz CT molecular complexity index is 942. The van der Waals surface area contributed by atoms with Crippen molar-refractivity contribution < 1.29 is 9.59 Å². The van der Waals surface area contributed by atoms with Crippen LogP contribution in [-0.4, -0.2) is 40.4 Å². The van der Waals surface area contributed by atoms with Crippen molar-refractivity contribution >= 4 is 11.8 Å². The van der Waals surface area contributed by atoms with E-state index in [1.54, 1.807) is 0 Å². The second-order valence-electron chi connectivity index (χ2n) is 7.43. The van der Waals surface area contributed by atoms with E-state index in [0.29, 0.717) is 25.1 Å². The van der Waals surface area contributed by atoms with Crippen molar-refractivity contribution in [2.45, 2.75) is 25.3 Å². The molecule has 1 saturated heterocycles. The molecule has 0 bridgehead atoms. The fourth-order valence-electron chi connectivity index (χ4n) is 3.75. The van der Waals surface area contributed by atoms with Gasteiger partial charge in [0.25, 0.3) is 5.91 Å². The Hall–Kier alpha value is -3.34. The van der Waals surface area contributed by atoms with Crippen molar-refractivity contribution in [3.05, 3.63) is 90.3 Å². The van der Waals surface area contributed by atoms with Crippen LogP contribution in [0, 0.1) is 0 Å². The molecule has 0 unspecified atom stereocenters. The van der Waals surface area contributed by atoms with Gasteiger partial charge in [0.1, 0.15) is 0 Å². The van der Waals surface area contributed by atoms with Gasteiger partial charge in [-0.25, -0.2) is 0 Å². The number of benzene rings is 2. The molecule has 1 aliphatic rings. The molecule has 1 aromatic heterocycles. The third-order valence-electron chi connectivity index (χ3n) is 5.37. The van der Waals surface area contributed by atoms with E-state index in [9.17, 15) is 9.59 Å². The van der Waals surface area contributed by atoms with E-state index in [1.807, 2.05) is 88.6 Å². The summed E-state index contributed by atoms with van der Waals surface area (Å²) in [5, 5.41) is 3.11. The van der Waals surface area contributed by atoms with Crippen LogP contribution in [0.4, 0.5) is 0 Å². The molecule has 5 heteroatoms. The lowest BCUT2D eigenvalue weighted by Crippen LogP contribution is -2.46. The van der Waals surface area contributed by atoms with Gasteiger partial charge in [-0.15, -0.1) is 0 Å². The summed E-state index contributed by atoms with van der Waals surface area (Å²) in [7, 11) is 0. The van der Waals surface area contributed by atoms with Gasteiger partial charge in [-0.3, -0.25) is 9.59 Å². The van der Waals surface area contributed by atoms with Gasteiger partial charge in [-0.05, 0) is 54.8 Å². The zero-order valence-electron chi connectivity index (χ0n) is 16.3. The van der Waals surface area contributed by atoms with E-state index in [-0.39, 0.29) is 17.9 Å². The molecule has 1 aliphatic heterocycles. The van der Waals surface area contributed by atoms with Crippen LogP contribution in [0.15, 0.2) is 79.1 Å². The molecule has 2 amide bonds. The smallest absolute Gasteiger partial charge is 0.253 e. The first-order chi connectivity index (χ1) is 14.2. The Kier molecular flexibility index (Phi) is 5.75. The number of nitrogens with one attached hydrogen (secondary N) is 1. The average molecular weight is 387 g/mol. The SMILES string of the molecule is O=C(Cc1ccccc1)NC1CCN(C(=O)c2ccc(-n3cccc3)cc2)CC1. The van der Waals surface area contributed by atoms with Gasteiger partial charge < -0.3 is 14.8 Å². The van der Waals surface area contributed by atoms with E-state index < -0.39 is 0 Å². The molecule has 0 aliphatic carbocycles. The number of piperidine rings is 1. The maximum atomic E-state index is 12.8. The topological polar surface area (TPSA) is 54.3 Å². The minimum Gasteiger partial charge on any atom is -0.353 e. The lowest BCUT2D eigenvalue weighted by atomic mass is 10.0. The van der Waals surface area contributed by atoms with Crippen LogP contribution >= 0.6 is 0 Å². The van der Waals surface area contributed by atoms with Crippen molar-refractivity contribution in [1.82, 2.24) is 14.8 Å². The molecule has 4 rings (SSSR count). The standard InChI is InChI=1S/C24H25N3O2/c28-23(18-19-6-2-1-3-7-19)25-21-12-16-27(17-13-21)24(29)20-8-10-22(11-9-20)26-14-4-5-15-26/h1-11,14-15,21H,12-13,16-18H2,(H,25,28). The molecule has 2 heterocycles.